The zero-order chi connectivity index (χ0) is 17.1. The largest absolute Gasteiger partial charge is 0.339 e. The summed E-state index contributed by atoms with van der Waals surface area (Å²) in [5.41, 5.74) is 3.51. The molecule has 0 fully saturated rings. The first-order valence-corrected chi connectivity index (χ1v) is 8.93. The summed E-state index contributed by atoms with van der Waals surface area (Å²) in [5.74, 6) is 2.48. The van der Waals surface area contributed by atoms with Gasteiger partial charge in [0.05, 0.1) is 11.4 Å². The maximum absolute atomic E-state index is 5.28. The van der Waals surface area contributed by atoms with Crippen LogP contribution in [0.15, 0.2) is 34.2 Å². The van der Waals surface area contributed by atoms with E-state index in [2.05, 4.69) is 66.2 Å². The van der Waals surface area contributed by atoms with E-state index in [0.29, 0.717) is 23.4 Å². The molecule has 0 saturated heterocycles. The summed E-state index contributed by atoms with van der Waals surface area (Å²) in [6.07, 6.45) is 2.54. The van der Waals surface area contributed by atoms with E-state index in [-0.39, 0.29) is 0 Å². The minimum atomic E-state index is 0.499. The number of thioether (sulfide) groups is 1. The second-order valence-electron chi connectivity index (χ2n) is 6.26. The van der Waals surface area contributed by atoms with Gasteiger partial charge in [0.25, 0.3) is 0 Å². The minimum absolute atomic E-state index is 0.499. The fourth-order valence-electron chi connectivity index (χ4n) is 2.47. The first-order chi connectivity index (χ1) is 11.5. The van der Waals surface area contributed by atoms with Crippen molar-refractivity contribution in [2.75, 3.05) is 0 Å². The number of hydrogen-bond donors (Lipinski definition) is 0. The Balaban J connectivity index is 1.73. The number of aromatic nitrogens is 5. The van der Waals surface area contributed by atoms with Crippen molar-refractivity contribution < 1.29 is 4.52 Å². The lowest BCUT2D eigenvalue weighted by atomic mass is 10.1. The first-order valence-electron chi connectivity index (χ1n) is 7.95. The highest BCUT2D eigenvalue weighted by molar-refractivity contribution is 7.98. The number of hydrogen-bond acceptors (Lipinski definition) is 6. The molecule has 0 aliphatic heterocycles. The van der Waals surface area contributed by atoms with Crippen LogP contribution in [0, 0.1) is 19.8 Å². The number of rotatable bonds is 6. The van der Waals surface area contributed by atoms with Crippen LogP contribution in [0.3, 0.4) is 0 Å². The van der Waals surface area contributed by atoms with Crippen molar-refractivity contribution in [1.82, 2.24) is 24.9 Å². The van der Waals surface area contributed by atoms with Crippen molar-refractivity contribution in [3.8, 4) is 5.69 Å². The molecule has 0 aliphatic carbocycles. The predicted octanol–water partition coefficient (Wildman–Crippen LogP) is 3.76. The van der Waals surface area contributed by atoms with Crippen molar-refractivity contribution in [1.29, 1.82) is 0 Å². The van der Waals surface area contributed by atoms with Crippen LogP contribution in [-0.4, -0.2) is 24.9 Å². The van der Waals surface area contributed by atoms with Gasteiger partial charge < -0.3 is 4.52 Å². The van der Waals surface area contributed by atoms with Crippen molar-refractivity contribution in [3.05, 3.63) is 47.4 Å². The van der Waals surface area contributed by atoms with Crippen LogP contribution in [0.4, 0.5) is 0 Å². The van der Waals surface area contributed by atoms with Gasteiger partial charge in [0.2, 0.25) is 5.89 Å². The molecule has 0 unspecified atom stereocenters. The standard InChI is InChI=1S/C17H21N5OS/c1-11(2)7-16-19-15(21-23-16)9-24-17-20-18-10-22(17)14-6-5-12(3)8-13(14)4/h5-6,8,10-11H,7,9H2,1-4H3. The molecule has 3 aromatic rings. The van der Waals surface area contributed by atoms with Gasteiger partial charge in [0, 0.05) is 6.42 Å². The molecule has 126 valence electrons. The van der Waals surface area contributed by atoms with Gasteiger partial charge in [-0.25, -0.2) is 0 Å². The SMILES string of the molecule is Cc1ccc(-n2cnnc2SCc2noc(CC(C)C)n2)c(C)c1. The fraction of sp³-hybridized carbons (Fsp3) is 0.412. The zero-order valence-corrected chi connectivity index (χ0v) is 15.2. The highest BCUT2D eigenvalue weighted by atomic mass is 32.2. The van der Waals surface area contributed by atoms with Gasteiger partial charge >= 0.3 is 0 Å². The second-order valence-corrected chi connectivity index (χ2v) is 7.21. The number of nitrogens with zero attached hydrogens (tertiary/aromatic N) is 5. The third-order valence-corrected chi connectivity index (χ3v) is 4.49. The molecule has 2 heterocycles. The van der Waals surface area contributed by atoms with Gasteiger partial charge in [0.15, 0.2) is 11.0 Å². The molecular weight excluding hydrogens is 322 g/mol. The highest BCUT2D eigenvalue weighted by Gasteiger charge is 2.13. The van der Waals surface area contributed by atoms with Crippen molar-refractivity contribution in [3.63, 3.8) is 0 Å². The van der Waals surface area contributed by atoms with E-state index in [1.807, 2.05) is 4.57 Å². The van der Waals surface area contributed by atoms with Crippen LogP contribution in [0.2, 0.25) is 0 Å². The summed E-state index contributed by atoms with van der Waals surface area (Å²) >= 11 is 1.55. The van der Waals surface area contributed by atoms with Crippen molar-refractivity contribution >= 4 is 11.8 Å². The molecule has 6 nitrogen and oxygen atoms in total. The van der Waals surface area contributed by atoms with Gasteiger partial charge in [-0.3, -0.25) is 4.57 Å². The summed E-state index contributed by atoms with van der Waals surface area (Å²) in [6, 6.07) is 6.34. The average Bonchev–Trinajstić information content (AvgIpc) is 3.14. The Bertz CT molecular complexity index is 824. The molecule has 0 atom stereocenters. The quantitative estimate of drug-likeness (QED) is 0.635. The Morgan fingerprint density at radius 2 is 2.08 bits per heavy atom. The van der Waals surface area contributed by atoms with Crippen LogP contribution >= 0.6 is 11.8 Å². The van der Waals surface area contributed by atoms with Gasteiger partial charge in [-0.05, 0) is 31.4 Å². The molecule has 1 aromatic carbocycles. The lowest BCUT2D eigenvalue weighted by Gasteiger charge is -2.09. The van der Waals surface area contributed by atoms with E-state index in [4.69, 9.17) is 4.52 Å². The Hall–Kier alpha value is -2.15. The van der Waals surface area contributed by atoms with E-state index in [1.54, 1.807) is 18.1 Å². The highest BCUT2D eigenvalue weighted by Crippen LogP contribution is 2.24. The molecule has 0 aliphatic rings. The summed E-state index contributed by atoms with van der Waals surface area (Å²) < 4.78 is 7.27. The molecular formula is C17H21N5OS. The van der Waals surface area contributed by atoms with E-state index in [0.717, 1.165) is 17.3 Å². The molecule has 0 amide bonds. The van der Waals surface area contributed by atoms with E-state index >= 15 is 0 Å². The van der Waals surface area contributed by atoms with Gasteiger partial charge in [-0.1, -0.05) is 48.5 Å². The van der Waals surface area contributed by atoms with Crippen LogP contribution in [0.25, 0.3) is 5.69 Å². The third-order valence-electron chi connectivity index (χ3n) is 3.55. The van der Waals surface area contributed by atoms with Crippen LogP contribution < -0.4 is 0 Å². The average molecular weight is 343 g/mol. The summed E-state index contributed by atoms with van der Waals surface area (Å²) in [7, 11) is 0. The molecule has 3 rings (SSSR count). The van der Waals surface area contributed by atoms with Crippen molar-refractivity contribution in [2.45, 2.75) is 45.0 Å². The molecule has 0 spiro atoms. The van der Waals surface area contributed by atoms with Gasteiger partial charge in [-0.15, -0.1) is 10.2 Å². The maximum atomic E-state index is 5.28. The first kappa shape index (κ1) is 16.7. The Morgan fingerprint density at radius 1 is 1.25 bits per heavy atom. The predicted molar refractivity (Wildman–Crippen MR) is 93.2 cm³/mol. The van der Waals surface area contributed by atoms with Crippen LogP contribution in [-0.2, 0) is 12.2 Å². The van der Waals surface area contributed by atoms with E-state index in [1.165, 1.54) is 11.1 Å². The normalized spacial score (nSPS) is 11.4. The number of benzene rings is 1. The molecule has 0 N–H and O–H groups in total. The topological polar surface area (TPSA) is 69.6 Å². The molecule has 7 heteroatoms. The second kappa shape index (κ2) is 7.17. The Morgan fingerprint density at radius 3 is 2.83 bits per heavy atom. The van der Waals surface area contributed by atoms with Crippen LogP contribution in [0.1, 0.15) is 36.7 Å². The van der Waals surface area contributed by atoms with Crippen molar-refractivity contribution in [2.24, 2.45) is 5.92 Å². The zero-order valence-electron chi connectivity index (χ0n) is 14.4. The number of aryl methyl sites for hydroxylation is 2. The molecule has 0 radical (unpaired) electrons. The minimum Gasteiger partial charge on any atom is -0.339 e. The summed E-state index contributed by atoms with van der Waals surface area (Å²) in [5, 5.41) is 13.1. The lowest BCUT2D eigenvalue weighted by molar-refractivity contribution is 0.360. The monoisotopic (exact) mass is 343 g/mol. The summed E-state index contributed by atoms with van der Waals surface area (Å²) in [4.78, 5) is 4.43. The van der Waals surface area contributed by atoms with Crippen LogP contribution in [0.5, 0.6) is 0 Å². The smallest absolute Gasteiger partial charge is 0.226 e. The molecule has 0 bridgehead atoms. The fourth-order valence-corrected chi connectivity index (χ4v) is 3.24. The maximum Gasteiger partial charge on any atom is 0.226 e. The van der Waals surface area contributed by atoms with E-state index in [9.17, 15) is 0 Å². The van der Waals surface area contributed by atoms with E-state index < -0.39 is 0 Å². The molecule has 2 aromatic heterocycles. The third kappa shape index (κ3) is 3.84. The molecule has 0 saturated carbocycles. The Kier molecular flexibility index (Phi) is 4.99. The Labute approximate surface area is 145 Å². The van der Waals surface area contributed by atoms with Gasteiger partial charge in [0.1, 0.15) is 6.33 Å². The molecule has 24 heavy (non-hydrogen) atoms. The van der Waals surface area contributed by atoms with Gasteiger partial charge in [-0.2, -0.15) is 4.98 Å². The lowest BCUT2D eigenvalue weighted by Crippen LogP contribution is -1.99. The summed E-state index contributed by atoms with van der Waals surface area (Å²) in [6.45, 7) is 8.44.